The van der Waals surface area contributed by atoms with Gasteiger partial charge in [0.1, 0.15) is 0 Å². The predicted molar refractivity (Wildman–Crippen MR) is 160 cm³/mol. The molecule has 0 radical (unpaired) electrons. The van der Waals surface area contributed by atoms with E-state index in [1.165, 1.54) is 13.7 Å². The van der Waals surface area contributed by atoms with Gasteiger partial charge < -0.3 is 0 Å². The maximum Gasteiger partial charge on any atom is 0.336 e. The van der Waals surface area contributed by atoms with Gasteiger partial charge in [-0.05, 0) is 55.3 Å². The lowest BCUT2D eigenvalue weighted by molar-refractivity contribution is 0.440. The Morgan fingerprint density at radius 2 is 0.727 bits per heavy atom. The molecule has 192 valence electrons. The van der Waals surface area contributed by atoms with Crippen molar-refractivity contribution in [1.82, 2.24) is 13.7 Å². The Kier molecular flexibility index (Phi) is 19.8. The van der Waals surface area contributed by atoms with Gasteiger partial charge in [-0.3, -0.25) is 0 Å². The van der Waals surface area contributed by atoms with Crippen LogP contribution in [0.1, 0.15) is 19.3 Å². The highest BCUT2D eigenvalue weighted by molar-refractivity contribution is 8.03. The van der Waals surface area contributed by atoms with E-state index < -0.39 is 17.1 Å². The molecule has 1 rings (SSSR count). The monoisotopic (exact) mass is 573 g/mol. The second-order valence-electron chi connectivity index (χ2n) is 7.18. The summed E-state index contributed by atoms with van der Waals surface area (Å²) in [4.78, 5) is 39.1. The number of nitrogens with zero attached hydrogens (tertiary/aromatic N) is 3. The van der Waals surface area contributed by atoms with Gasteiger partial charge in [0, 0.05) is 54.2 Å². The van der Waals surface area contributed by atoms with E-state index in [1.54, 1.807) is 0 Å². The van der Waals surface area contributed by atoms with Crippen molar-refractivity contribution in [3.8, 4) is 0 Å². The number of hydrogen-bond donors (Lipinski definition) is 0. The van der Waals surface area contributed by atoms with Crippen LogP contribution < -0.4 is 17.1 Å². The van der Waals surface area contributed by atoms with Crippen LogP contribution in [0.15, 0.2) is 14.4 Å². The smallest absolute Gasteiger partial charge is 0.247 e. The van der Waals surface area contributed by atoms with Crippen LogP contribution in [0.3, 0.4) is 0 Å². The Hall–Kier alpha value is 0.510. The molecule has 0 aliphatic heterocycles. The van der Waals surface area contributed by atoms with E-state index in [9.17, 15) is 14.4 Å². The molecule has 0 aliphatic rings. The van der Waals surface area contributed by atoms with Gasteiger partial charge in [-0.2, -0.15) is 70.6 Å². The minimum atomic E-state index is -0.446. The maximum absolute atomic E-state index is 13.0. The van der Waals surface area contributed by atoms with E-state index in [4.69, 9.17) is 0 Å². The molecule has 0 saturated carbocycles. The number of thioether (sulfide) groups is 6. The van der Waals surface area contributed by atoms with Gasteiger partial charge in [-0.1, -0.05) is 0 Å². The van der Waals surface area contributed by atoms with Crippen LogP contribution in [0.4, 0.5) is 0 Å². The highest BCUT2D eigenvalue weighted by Gasteiger charge is 2.15. The first-order valence-electron chi connectivity index (χ1n) is 11.2. The summed E-state index contributed by atoms with van der Waals surface area (Å²) in [5, 5.41) is 0. The van der Waals surface area contributed by atoms with Crippen molar-refractivity contribution in [1.29, 1.82) is 0 Å². The first-order valence-corrected chi connectivity index (χ1v) is 18.9. The van der Waals surface area contributed by atoms with Crippen molar-refractivity contribution in [2.24, 2.45) is 0 Å². The van der Waals surface area contributed by atoms with Crippen LogP contribution >= 0.6 is 70.6 Å². The number of rotatable bonds is 21. The summed E-state index contributed by atoms with van der Waals surface area (Å²) in [6.45, 7) is 1.11. The van der Waals surface area contributed by atoms with Crippen LogP contribution in [-0.2, 0) is 19.6 Å². The molecule has 1 aromatic heterocycles. The molecule has 0 bridgehead atoms. The third-order valence-electron chi connectivity index (χ3n) is 4.69. The third kappa shape index (κ3) is 12.9. The van der Waals surface area contributed by atoms with Crippen molar-refractivity contribution in [3.63, 3.8) is 0 Å². The fourth-order valence-corrected chi connectivity index (χ4v) is 7.99. The van der Waals surface area contributed by atoms with E-state index in [0.29, 0.717) is 19.6 Å². The van der Waals surface area contributed by atoms with Gasteiger partial charge in [0.15, 0.2) is 0 Å². The van der Waals surface area contributed by atoms with Crippen LogP contribution in [-0.4, -0.2) is 84.2 Å². The molecule has 1 aromatic rings. The second-order valence-corrected chi connectivity index (χ2v) is 13.8. The molecule has 33 heavy (non-hydrogen) atoms. The lowest BCUT2D eigenvalue weighted by Gasteiger charge is -2.14. The summed E-state index contributed by atoms with van der Waals surface area (Å²) in [6, 6.07) is 0. The van der Waals surface area contributed by atoms with Gasteiger partial charge in [0.05, 0.1) is 0 Å². The van der Waals surface area contributed by atoms with E-state index in [0.717, 1.165) is 71.0 Å². The van der Waals surface area contributed by atoms with Crippen molar-refractivity contribution in [2.75, 3.05) is 70.5 Å². The van der Waals surface area contributed by atoms with Crippen molar-refractivity contribution >= 4 is 70.6 Å². The Morgan fingerprint density at radius 1 is 0.455 bits per heavy atom. The molecular formula is C21H39N3O3S6. The molecule has 0 unspecified atom stereocenters. The Bertz CT molecular complexity index is 677. The normalized spacial score (nSPS) is 11.4. The topological polar surface area (TPSA) is 66.0 Å². The average Bonchev–Trinajstić information content (AvgIpc) is 2.81. The lowest BCUT2D eigenvalue weighted by atomic mass is 10.4. The zero-order chi connectivity index (χ0) is 24.3. The number of hydrogen-bond acceptors (Lipinski definition) is 9. The Labute approximate surface area is 224 Å². The van der Waals surface area contributed by atoms with Crippen LogP contribution in [0.2, 0.25) is 0 Å². The Balaban J connectivity index is 2.89. The van der Waals surface area contributed by atoms with Gasteiger partial charge >= 0.3 is 17.1 Å². The highest BCUT2D eigenvalue weighted by Crippen LogP contribution is 2.08. The maximum atomic E-state index is 13.0. The molecule has 0 saturated heterocycles. The van der Waals surface area contributed by atoms with Crippen molar-refractivity contribution < 1.29 is 0 Å². The van der Waals surface area contributed by atoms with Crippen LogP contribution in [0.25, 0.3) is 0 Å². The first-order chi connectivity index (χ1) is 16.1. The molecule has 0 fully saturated rings. The summed E-state index contributed by atoms with van der Waals surface area (Å²) >= 11 is 11.0. The SMILES string of the molecule is CSCCSCCCn1c(=O)n(CCCSCCSC)c(=O)n(CCCSCCSC)c1=O. The van der Waals surface area contributed by atoms with Gasteiger partial charge in [-0.25, -0.2) is 28.1 Å². The molecule has 0 atom stereocenters. The Morgan fingerprint density at radius 3 is 0.970 bits per heavy atom. The standard InChI is InChI=1S/C21H39N3O3S6/c1-28-13-16-31-10-4-7-22-19(25)23(8-5-11-32-17-14-29-2)21(27)24(20(22)26)9-6-12-33-18-15-30-3/h4-18H2,1-3H3. The molecule has 6 nitrogen and oxygen atoms in total. The quantitative estimate of drug-likeness (QED) is 0.205. The number of aromatic nitrogens is 3. The summed E-state index contributed by atoms with van der Waals surface area (Å²) < 4.78 is 3.87. The second kappa shape index (κ2) is 20.7. The fraction of sp³-hybridized carbons (Fsp3) is 0.857. The minimum Gasteiger partial charge on any atom is -0.247 e. The fourth-order valence-electron chi connectivity index (χ4n) is 2.96. The molecular weight excluding hydrogens is 535 g/mol. The zero-order valence-electron chi connectivity index (χ0n) is 20.1. The van der Waals surface area contributed by atoms with E-state index >= 15 is 0 Å². The van der Waals surface area contributed by atoms with E-state index in [2.05, 4.69) is 18.8 Å². The lowest BCUT2D eigenvalue weighted by Crippen LogP contribution is -2.54. The van der Waals surface area contributed by atoms with E-state index in [-0.39, 0.29) is 0 Å². The molecule has 12 heteroatoms. The summed E-state index contributed by atoms with van der Waals surface area (Å²) in [5.41, 5.74) is -1.34. The van der Waals surface area contributed by atoms with Gasteiger partial charge in [-0.15, -0.1) is 0 Å². The molecule has 0 N–H and O–H groups in total. The van der Waals surface area contributed by atoms with Crippen molar-refractivity contribution in [2.45, 2.75) is 38.9 Å². The summed E-state index contributed by atoms with van der Waals surface area (Å²) in [5.74, 6) is 9.24. The van der Waals surface area contributed by atoms with Crippen LogP contribution in [0.5, 0.6) is 0 Å². The van der Waals surface area contributed by atoms with Gasteiger partial charge in [0.2, 0.25) is 0 Å². The third-order valence-corrected chi connectivity index (χ3v) is 10.5. The summed E-state index contributed by atoms with van der Waals surface area (Å²) in [6.07, 6.45) is 8.53. The molecule has 0 spiro atoms. The highest BCUT2D eigenvalue weighted by atomic mass is 32.2. The van der Waals surface area contributed by atoms with E-state index in [1.807, 2.05) is 70.6 Å². The summed E-state index contributed by atoms with van der Waals surface area (Å²) in [7, 11) is 0. The minimum absolute atomic E-state index is 0.370. The van der Waals surface area contributed by atoms with Crippen molar-refractivity contribution in [3.05, 3.63) is 31.5 Å². The first kappa shape index (κ1) is 31.5. The largest absolute Gasteiger partial charge is 0.336 e. The zero-order valence-corrected chi connectivity index (χ0v) is 25.0. The van der Waals surface area contributed by atoms with Gasteiger partial charge in [0.25, 0.3) is 0 Å². The molecule has 0 aliphatic carbocycles. The molecule has 0 amide bonds. The molecule has 1 heterocycles. The molecule has 0 aromatic carbocycles. The predicted octanol–water partition coefficient (Wildman–Crippen LogP) is 3.63. The average molecular weight is 574 g/mol. The van der Waals surface area contributed by atoms with Crippen LogP contribution in [0, 0.1) is 0 Å².